The number of aliphatic hydroxyl groups is 2. The summed E-state index contributed by atoms with van der Waals surface area (Å²) < 4.78 is 3.06. The van der Waals surface area contributed by atoms with Crippen molar-refractivity contribution in [3.63, 3.8) is 0 Å². The Kier molecular flexibility index (Phi) is 14.0. The van der Waals surface area contributed by atoms with E-state index in [1.165, 1.54) is 4.40 Å². The highest BCUT2D eigenvalue weighted by Gasteiger charge is 2.36. The summed E-state index contributed by atoms with van der Waals surface area (Å²) in [7, 11) is 0. The van der Waals surface area contributed by atoms with Gasteiger partial charge in [-0.2, -0.15) is 0 Å². The number of piperidine rings is 2. The molecule has 6 heterocycles. The first-order chi connectivity index (χ1) is 31.9. The van der Waals surface area contributed by atoms with Crippen LogP contribution in [-0.4, -0.2) is 88.0 Å². The lowest BCUT2D eigenvalue weighted by molar-refractivity contribution is -0.136. The number of rotatable bonds is 11. The number of nitrogens with zero attached hydrogens (tertiary/aromatic N) is 6. The molecule has 0 bridgehead atoms. The van der Waals surface area contributed by atoms with Gasteiger partial charge in [0.2, 0.25) is 11.8 Å². The van der Waals surface area contributed by atoms with E-state index in [2.05, 4.69) is 23.8 Å². The molecular weight excluding hydrogens is 829 g/mol. The fourth-order valence-corrected chi connectivity index (χ4v) is 9.28. The average Bonchev–Trinajstić information content (AvgIpc) is 3.34. The van der Waals surface area contributed by atoms with Crippen LogP contribution in [-0.2, 0) is 22.4 Å². The van der Waals surface area contributed by atoms with Crippen molar-refractivity contribution in [3.05, 3.63) is 189 Å². The lowest BCUT2D eigenvalue weighted by Crippen LogP contribution is -2.48. The second-order valence-corrected chi connectivity index (χ2v) is 18.2. The van der Waals surface area contributed by atoms with E-state index in [0.717, 1.165) is 22.3 Å². The number of hydrogen-bond donors (Lipinski definition) is 2. The Morgan fingerprint density at radius 3 is 1.52 bits per heavy atom. The second kappa shape index (κ2) is 20.2. The number of benzene rings is 3. The van der Waals surface area contributed by atoms with Gasteiger partial charge in [0, 0.05) is 93.3 Å². The van der Waals surface area contributed by atoms with Gasteiger partial charge in [0.15, 0.2) is 0 Å². The summed E-state index contributed by atoms with van der Waals surface area (Å²) in [4.78, 5) is 64.2. The largest absolute Gasteiger partial charge is 0.389 e. The zero-order valence-corrected chi connectivity index (χ0v) is 37.7. The van der Waals surface area contributed by atoms with Crippen LogP contribution in [0, 0.1) is 0 Å². The maximum atomic E-state index is 13.3. The number of aromatic nitrogens is 4. The van der Waals surface area contributed by atoms with Gasteiger partial charge in [-0.25, -0.2) is 9.97 Å². The third kappa shape index (κ3) is 10.7. The number of fused-ring (bicyclic) bond motifs is 2. The van der Waals surface area contributed by atoms with Gasteiger partial charge in [-0.1, -0.05) is 111 Å². The Morgan fingerprint density at radius 2 is 1.00 bits per heavy atom. The zero-order valence-electron chi connectivity index (χ0n) is 37.7. The smallest absolute Gasteiger partial charge is 0.261 e. The molecule has 7 aromatic rings. The molecule has 2 fully saturated rings. The van der Waals surface area contributed by atoms with Gasteiger partial charge >= 0.3 is 0 Å². The van der Waals surface area contributed by atoms with Crippen LogP contribution in [0.5, 0.6) is 0 Å². The highest BCUT2D eigenvalue weighted by molar-refractivity contribution is 5.78. The van der Waals surface area contributed by atoms with Crippen LogP contribution < -0.4 is 11.1 Å². The van der Waals surface area contributed by atoms with Gasteiger partial charge in [-0.3, -0.25) is 28.0 Å². The van der Waals surface area contributed by atoms with Crippen molar-refractivity contribution < 1.29 is 19.8 Å². The standard InChI is InChI=1S/C30H31N3O3.C24H27N3O3/c1-22(23-9-4-2-5-10-23)19-27(34)32-17-14-30(36,15-18-32)20-25-21-31-28-26(24-11-6-3-7-12-24)13-8-16-33(28)29(25)35;1-18(19-7-3-2-4-8-19)15-22(28)26-13-10-24(30,11-14-26)16-20-17-25-21-9-5-6-12-27(21)23(20)29/h2-13,16,21-22,36H,14-15,17-20H2,1H3;2-9,12,17-18,30H,10-11,13-16H2,1H3/t22-;18-/m11/s1. The van der Waals surface area contributed by atoms with Crippen LogP contribution in [0.25, 0.3) is 22.4 Å². The molecule has 12 nitrogen and oxygen atoms in total. The molecule has 2 saturated heterocycles. The number of carbonyl (C=O) groups excluding carboxylic acids is 2. The molecule has 2 atom stereocenters. The van der Waals surface area contributed by atoms with Crippen LogP contribution in [0.15, 0.2) is 156 Å². The minimum absolute atomic E-state index is 0.106. The first-order valence-electron chi connectivity index (χ1n) is 23.0. The monoisotopic (exact) mass is 886 g/mol. The minimum atomic E-state index is -1.03. The number of hydrogen-bond acceptors (Lipinski definition) is 8. The molecular formula is C54H58N6O6. The van der Waals surface area contributed by atoms with Crippen LogP contribution in [0.3, 0.4) is 0 Å². The van der Waals surface area contributed by atoms with E-state index >= 15 is 0 Å². The van der Waals surface area contributed by atoms with Crippen LogP contribution in [0.1, 0.15) is 86.5 Å². The summed E-state index contributed by atoms with van der Waals surface area (Å²) in [5.74, 6) is 0.516. The molecule has 2 aliphatic rings. The molecule has 0 aliphatic carbocycles. The maximum absolute atomic E-state index is 13.3. The number of likely N-dealkylation sites (tertiary alicyclic amines) is 2. The lowest BCUT2D eigenvalue weighted by atomic mass is 9.85. The van der Waals surface area contributed by atoms with E-state index in [9.17, 15) is 29.4 Å². The van der Waals surface area contributed by atoms with Gasteiger partial charge in [0.25, 0.3) is 11.1 Å². The zero-order chi connectivity index (χ0) is 46.3. The van der Waals surface area contributed by atoms with Crippen LogP contribution in [0.4, 0.5) is 0 Å². The highest BCUT2D eigenvalue weighted by atomic mass is 16.3. The van der Waals surface area contributed by atoms with Crippen LogP contribution >= 0.6 is 0 Å². The molecule has 3 aromatic carbocycles. The maximum Gasteiger partial charge on any atom is 0.261 e. The van der Waals surface area contributed by atoms with Crippen molar-refractivity contribution in [1.29, 1.82) is 0 Å². The van der Waals surface area contributed by atoms with E-state index in [0.29, 0.717) is 87.1 Å². The van der Waals surface area contributed by atoms with Crippen molar-refractivity contribution in [2.24, 2.45) is 0 Å². The molecule has 12 heteroatoms. The predicted molar refractivity (Wildman–Crippen MR) is 256 cm³/mol. The molecule has 340 valence electrons. The molecule has 2 N–H and O–H groups in total. The molecule has 0 unspecified atom stereocenters. The first kappa shape index (κ1) is 45.8. The van der Waals surface area contributed by atoms with Crippen molar-refractivity contribution in [2.75, 3.05) is 26.2 Å². The molecule has 9 rings (SSSR count). The van der Waals surface area contributed by atoms with Gasteiger partial charge in [0.05, 0.1) is 11.2 Å². The van der Waals surface area contributed by atoms with E-state index in [4.69, 9.17) is 0 Å². The molecule has 0 radical (unpaired) electrons. The van der Waals surface area contributed by atoms with Gasteiger partial charge in [-0.15, -0.1) is 0 Å². The minimum Gasteiger partial charge on any atom is -0.389 e. The molecule has 4 aromatic heterocycles. The number of amides is 2. The Balaban J connectivity index is 0.000000182. The summed E-state index contributed by atoms with van der Waals surface area (Å²) in [6.45, 7) is 6.09. The summed E-state index contributed by atoms with van der Waals surface area (Å²) in [6, 6.07) is 39.1. The Labute approximate surface area is 384 Å². The second-order valence-electron chi connectivity index (χ2n) is 18.2. The molecule has 66 heavy (non-hydrogen) atoms. The molecule has 2 aliphatic heterocycles. The van der Waals surface area contributed by atoms with Crippen molar-refractivity contribution in [1.82, 2.24) is 28.6 Å². The molecule has 0 saturated carbocycles. The van der Waals surface area contributed by atoms with E-state index in [1.54, 1.807) is 41.3 Å². The molecule has 2 amide bonds. The van der Waals surface area contributed by atoms with Crippen molar-refractivity contribution >= 4 is 23.1 Å². The van der Waals surface area contributed by atoms with Gasteiger partial charge in [-0.05, 0) is 78.5 Å². The average molecular weight is 887 g/mol. The predicted octanol–water partition coefficient (Wildman–Crippen LogP) is 7.24. The fourth-order valence-electron chi connectivity index (χ4n) is 9.28. The summed E-state index contributed by atoms with van der Waals surface area (Å²) in [6.07, 6.45) is 9.72. The summed E-state index contributed by atoms with van der Waals surface area (Å²) in [5.41, 5.74) is 4.01. The Morgan fingerprint density at radius 1 is 0.561 bits per heavy atom. The van der Waals surface area contributed by atoms with Crippen LogP contribution in [0.2, 0.25) is 0 Å². The van der Waals surface area contributed by atoms with E-state index < -0.39 is 11.2 Å². The topological polar surface area (TPSA) is 150 Å². The lowest BCUT2D eigenvalue weighted by Gasteiger charge is -2.38. The Hall–Kier alpha value is -6.76. The van der Waals surface area contributed by atoms with Crippen molar-refractivity contribution in [3.8, 4) is 11.1 Å². The quantitative estimate of drug-likeness (QED) is 0.138. The van der Waals surface area contributed by atoms with E-state index in [1.807, 2.05) is 119 Å². The fraction of sp³-hybridized carbons (Fsp3) is 0.333. The van der Waals surface area contributed by atoms with Gasteiger partial charge < -0.3 is 20.0 Å². The number of carbonyl (C=O) groups is 2. The van der Waals surface area contributed by atoms with Gasteiger partial charge in [0.1, 0.15) is 11.3 Å². The third-order valence-corrected chi connectivity index (χ3v) is 13.4. The normalized spacial score (nSPS) is 16.5. The third-order valence-electron chi connectivity index (χ3n) is 13.4. The van der Waals surface area contributed by atoms with E-state index in [-0.39, 0.29) is 47.6 Å². The SMILES string of the molecule is C[C@H](CC(=O)N1CCC(O)(Cc2cnc3c(-c4ccccc4)cccn3c2=O)CC1)c1ccccc1.C[C@H](CC(=O)N1CCC(O)(Cc2cnc3ccccn3c2=O)CC1)c1ccccc1. The summed E-state index contributed by atoms with van der Waals surface area (Å²) in [5, 5.41) is 22.4. The molecule has 0 spiro atoms. The summed E-state index contributed by atoms with van der Waals surface area (Å²) >= 11 is 0. The Bertz CT molecular complexity index is 2890. The van der Waals surface area contributed by atoms with Crippen molar-refractivity contribution in [2.45, 2.75) is 88.3 Å². The highest BCUT2D eigenvalue weighted by Crippen LogP contribution is 2.30. The first-order valence-corrected chi connectivity index (χ1v) is 23.0. The number of pyridine rings is 2.